The molecule has 0 heterocycles. The predicted molar refractivity (Wildman–Crippen MR) is 61.6 cm³/mol. The van der Waals surface area contributed by atoms with Gasteiger partial charge in [0.25, 0.3) is 0 Å². The van der Waals surface area contributed by atoms with Gasteiger partial charge in [-0.05, 0) is 31.2 Å². The lowest BCUT2D eigenvalue weighted by Gasteiger charge is -2.22. The van der Waals surface area contributed by atoms with E-state index in [1.807, 2.05) is 13.0 Å². The Labute approximate surface area is 91.3 Å². The van der Waals surface area contributed by atoms with Gasteiger partial charge in [-0.2, -0.15) is 0 Å². The number of nitrogens with one attached hydrogen (secondary N) is 1. The molecule has 1 aromatic rings. The first-order valence-corrected chi connectivity index (χ1v) is 5.73. The maximum absolute atomic E-state index is 9.07. The van der Waals surface area contributed by atoms with Crippen molar-refractivity contribution in [2.75, 3.05) is 6.61 Å². The molecule has 1 aliphatic rings. The lowest BCUT2D eigenvalue weighted by atomic mass is 10.0. The molecular weight excluding hydrogens is 186 g/mol. The molecule has 0 saturated heterocycles. The molecule has 15 heavy (non-hydrogen) atoms. The molecule has 2 atom stereocenters. The van der Waals surface area contributed by atoms with Crippen LogP contribution < -0.4 is 5.32 Å². The van der Waals surface area contributed by atoms with Gasteiger partial charge in [-0.25, -0.2) is 0 Å². The fraction of sp³-hybridized carbons (Fsp3) is 0.538. The molecule has 0 aromatic heterocycles. The van der Waals surface area contributed by atoms with Crippen molar-refractivity contribution >= 4 is 0 Å². The average molecular weight is 205 g/mol. The highest BCUT2D eigenvalue weighted by atomic mass is 16.3. The molecule has 1 fully saturated rings. The molecule has 0 aliphatic heterocycles. The fourth-order valence-corrected chi connectivity index (χ4v) is 1.95. The van der Waals surface area contributed by atoms with E-state index >= 15 is 0 Å². The summed E-state index contributed by atoms with van der Waals surface area (Å²) in [6, 6.07) is 11.1. The zero-order valence-corrected chi connectivity index (χ0v) is 9.19. The molecule has 2 unspecified atom stereocenters. The Kier molecular flexibility index (Phi) is 3.39. The van der Waals surface area contributed by atoms with Crippen LogP contribution in [0.5, 0.6) is 0 Å². The Morgan fingerprint density at radius 1 is 1.33 bits per heavy atom. The summed E-state index contributed by atoms with van der Waals surface area (Å²) in [6.07, 6.45) is 2.62. The van der Waals surface area contributed by atoms with Crippen LogP contribution in [0.1, 0.15) is 31.4 Å². The van der Waals surface area contributed by atoms with Crippen molar-refractivity contribution < 1.29 is 5.11 Å². The Morgan fingerprint density at radius 2 is 2.00 bits per heavy atom. The highest BCUT2D eigenvalue weighted by molar-refractivity contribution is 5.21. The van der Waals surface area contributed by atoms with Crippen LogP contribution in [0.3, 0.4) is 0 Å². The topological polar surface area (TPSA) is 32.3 Å². The minimum atomic E-state index is 0.177. The largest absolute Gasteiger partial charge is 0.395 e. The van der Waals surface area contributed by atoms with Crippen molar-refractivity contribution in [2.24, 2.45) is 5.92 Å². The summed E-state index contributed by atoms with van der Waals surface area (Å²) in [5.74, 6) is 0.765. The van der Waals surface area contributed by atoms with Gasteiger partial charge in [0.15, 0.2) is 0 Å². The highest BCUT2D eigenvalue weighted by Gasteiger charge is 2.32. The van der Waals surface area contributed by atoms with E-state index < -0.39 is 0 Å². The minimum absolute atomic E-state index is 0.177. The first-order chi connectivity index (χ1) is 7.31. The number of rotatable bonds is 5. The molecule has 1 aliphatic carbocycles. The number of benzene rings is 1. The lowest BCUT2D eigenvalue weighted by molar-refractivity contribution is 0.236. The van der Waals surface area contributed by atoms with E-state index in [0.29, 0.717) is 6.04 Å². The van der Waals surface area contributed by atoms with E-state index in [9.17, 15) is 0 Å². The zero-order chi connectivity index (χ0) is 10.7. The van der Waals surface area contributed by atoms with Gasteiger partial charge in [0, 0.05) is 12.1 Å². The van der Waals surface area contributed by atoms with Crippen LogP contribution in [0, 0.1) is 5.92 Å². The zero-order valence-electron chi connectivity index (χ0n) is 9.19. The van der Waals surface area contributed by atoms with E-state index in [1.54, 1.807) is 0 Å². The summed E-state index contributed by atoms with van der Waals surface area (Å²) in [5, 5.41) is 12.6. The van der Waals surface area contributed by atoms with E-state index in [-0.39, 0.29) is 12.6 Å². The molecule has 2 N–H and O–H groups in total. The van der Waals surface area contributed by atoms with Crippen LogP contribution in [-0.4, -0.2) is 17.8 Å². The van der Waals surface area contributed by atoms with Crippen LogP contribution in [0.2, 0.25) is 0 Å². The van der Waals surface area contributed by atoms with Crippen molar-refractivity contribution in [3.63, 3.8) is 0 Å². The van der Waals surface area contributed by atoms with Gasteiger partial charge in [0.2, 0.25) is 0 Å². The Balaban J connectivity index is 2.06. The maximum Gasteiger partial charge on any atom is 0.0582 e. The first kappa shape index (κ1) is 10.7. The van der Waals surface area contributed by atoms with Crippen molar-refractivity contribution in [1.29, 1.82) is 0 Å². The van der Waals surface area contributed by atoms with Gasteiger partial charge < -0.3 is 10.4 Å². The Hall–Kier alpha value is -0.860. The van der Waals surface area contributed by atoms with Gasteiger partial charge in [-0.1, -0.05) is 30.3 Å². The molecule has 0 amide bonds. The normalized spacial score (nSPS) is 19.9. The lowest BCUT2D eigenvalue weighted by Crippen LogP contribution is -2.34. The number of aliphatic hydroxyl groups is 1. The number of aliphatic hydroxyl groups excluding tert-OH is 1. The van der Waals surface area contributed by atoms with Crippen molar-refractivity contribution in [3.8, 4) is 0 Å². The summed E-state index contributed by atoms with van der Waals surface area (Å²) in [5.41, 5.74) is 1.35. The molecule has 2 nitrogen and oxygen atoms in total. The molecule has 82 valence electrons. The standard InChI is InChI=1S/C13H19NO/c1-10(9-15)14-13(12-7-8-12)11-5-3-2-4-6-11/h2-6,10,12-15H,7-9H2,1H3. The summed E-state index contributed by atoms with van der Waals surface area (Å²) in [4.78, 5) is 0. The molecule has 1 saturated carbocycles. The van der Waals surface area contributed by atoms with Crippen LogP contribution in [0.25, 0.3) is 0 Å². The van der Waals surface area contributed by atoms with E-state index in [1.165, 1.54) is 18.4 Å². The predicted octanol–water partition coefficient (Wildman–Crippen LogP) is 2.11. The van der Waals surface area contributed by atoms with Crippen LogP contribution in [-0.2, 0) is 0 Å². The van der Waals surface area contributed by atoms with Gasteiger partial charge >= 0.3 is 0 Å². The SMILES string of the molecule is CC(CO)NC(c1ccccc1)C1CC1. The van der Waals surface area contributed by atoms with Crippen molar-refractivity contribution in [2.45, 2.75) is 31.8 Å². The van der Waals surface area contributed by atoms with Gasteiger partial charge in [-0.15, -0.1) is 0 Å². The van der Waals surface area contributed by atoms with E-state index in [4.69, 9.17) is 5.11 Å². The molecule has 1 aromatic carbocycles. The second kappa shape index (κ2) is 4.77. The average Bonchev–Trinajstić information content (AvgIpc) is 3.10. The smallest absolute Gasteiger partial charge is 0.0582 e. The summed E-state index contributed by atoms with van der Waals surface area (Å²) in [6.45, 7) is 2.23. The van der Waals surface area contributed by atoms with Crippen molar-refractivity contribution in [3.05, 3.63) is 35.9 Å². The molecular formula is C13H19NO. The monoisotopic (exact) mass is 205 g/mol. The first-order valence-electron chi connectivity index (χ1n) is 5.73. The van der Waals surface area contributed by atoms with Gasteiger partial charge in [0.05, 0.1) is 6.61 Å². The van der Waals surface area contributed by atoms with Crippen LogP contribution in [0.4, 0.5) is 0 Å². The summed E-state index contributed by atoms with van der Waals surface area (Å²) in [7, 11) is 0. The Morgan fingerprint density at radius 3 is 2.53 bits per heavy atom. The number of hydrogen-bond acceptors (Lipinski definition) is 2. The van der Waals surface area contributed by atoms with Crippen LogP contribution >= 0.6 is 0 Å². The van der Waals surface area contributed by atoms with Crippen molar-refractivity contribution in [1.82, 2.24) is 5.32 Å². The third-order valence-electron chi connectivity index (χ3n) is 2.99. The summed E-state index contributed by atoms with van der Waals surface area (Å²) < 4.78 is 0. The van der Waals surface area contributed by atoms with Crippen LogP contribution in [0.15, 0.2) is 30.3 Å². The molecule has 2 rings (SSSR count). The quantitative estimate of drug-likeness (QED) is 0.771. The minimum Gasteiger partial charge on any atom is -0.395 e. The molecule has 2 heteroatoms. The molecule has 0 bridgehead atoms. The number of hydrogen-bond donors (Lipinski definition) is 2. The molecule has 0 radical (unpaired) electrons. The summed E-state index contributed by atoms with van der Waals surface area (Å²) >= 11 is 0. The second-order valence-electron chi connectivity index (χ2n) is 4.48. The fourth-order valence-electron chi connectivity index (χ4n) is 1.95. The Bertz CT molecular complexity index is 295. The molecule has 0 spiro atoms. The highest BCUT2D eigenvalue weighted by Crippen LogP contribution is 2.41. The second-order valence-corrected chi connectivity index (χ2v) is 4.48. The maximum atomic E-state index is 9.07. The third kappa shape index (κ3) is 2.80. The van der Waals surface area contributed by atoms with Gasteiger partial charge in [0.1, 0.15) is 0 Å². The van der Waals surface area contributed by atoms with Gasteiger partial charge in [-0.3, -0.25) is 0 Å². The van der Waals surface area contributed by atoms with E-state index in [2.05, 4.69) is 29.6 Å². The van der Waals surface area contributed by atoms with E-state index in [0.717, 1.165) is 5.92 Å². The third-order valence-corrected chi connectivity index (χ3v) is 2.99.